The molecule has 44 valence electrons. The fourth-order valence-corrected chi connectivity index (χ4v) is 0.323. The quantitative estimate of drug-likeness (QED) is 0.552. The molecule has 0 amide bonds. The highest BCUT2D eigenvalue weighted by atomic mass is 32.2. The predicted octanol–water partition coefficient (Wildman–Crippen LogP) is 0.473. The van der Waals surface area contributed by atoms with Crippen LogP contribution in [0, 0.1) is 0 Å². The van der Waals surface area contributed by atoms with Gasteiger partial charge in [-0.25, -0.2) is 13.0 Å². The molecule has 0 aliphatic carbocycles. The van der Waals surface area contributed by atoms with Crippen molar-refractivity contribution in [3.8, 4) is 0 Å². The number of alkyl halides is 2. The minimum atomic E-state index is -2.68. The van der Waals surface area contributed by atoms with Crippen molar-refractivity contribution >= 4 is 11.1 Å². The molecule has 0 heterocycles. The summed E-state index contributed by atoms with van der Waals surface area (Å²) in [6.07, 6.45) is -2.68. The summed E-state index contributed by atoms with van der Waals surface area (Å²) in [4.78, 5) is 0. The van der Waals surface area contributed by atoms with Crippen molar-refractivity contribution in [2.45, 2.75) is 6.43 Å². The van der Waals surface area contributed by atoms with E-state index in [1.165, 1.54) is 0 Å². The standard InChI is InChI=1S/C2H4F2O2S/c3-2(4)1-7(5)6/h2H,1H2,(H,5,6). The third-order valence-corrected chi connectivity index (χ3v) is 0.806. The van der Waals surface area contributed by atoms with E-state index < -0.39 is 23.3 Å². The first kappa shape index (κ1) is 6.97. The second-order valence-electron chi connectivity index (χ2n) is 0.879. The molecular formula is C2H4F2O2S. The zero-order valence-corrected chi connectivity index (χ0v) is 4.12. The molecule has 0 aromatic rings. The monoisotopic (exact) mass is 130 g/mol. The van der Waals surface area contributed by atoms with Crippen molar-refractivity contribution in [1.82, 2.24) is 0 Å². The van der Waals surface area contributed by atoms with Crippen molar-refractivity contribution in [3.05, 3.63) is 0 Å². The van der Waals surface area contributed by atoms with E-state index in [1.807, 2.05) is 0 Å². The molecule has 0 aliphatic heterocycles. The zero-order valence-electron chi connectivity index (χ0n) is 3.30. The van der Waals surface area contributed by atoms with Crippen LogP contribution in [-0.2, 0) is 11.1 Å². The maximum atomic E-state index is 10.9. The summed E-state index contributed by atoms with van der Waals surface area (Å²) in [5, 5.41) is 0. The Morgan fingerprint density at radius 3 is 2.14 bits per heavy atom. The van der Waals surface area contributed by atoms with Gasteiger partial charge in [0.05, 0.1) is 0 Å². The van der Waals surface area contributed by atoms with Gasteiger partial charge in [0, 0.05) is 0 Å². The van der Waals surface area contributed by atoms with E-state index in [0.29, 0.717) is 0 Å². The molecule has 0 fully saturated rings. The average molecular weight is 130 g/mol. The van der Waals surface area contributed by atoms with Crippen molar-refractivity contribution < 1.29 is 17.5 Å². The van der Waals surface area contributed by atoms with E-state index in [4.69, 9.17) is 4.55 Å². The fraction of sp³-hybridized carbons (Fsp3) is 1.00. The van der Waals surface area contributed by atoms with E-state index in [-0.39, 0.29) is 0 Å². The molecule has 0 spiro atoms. The molecule has 0 radical (unpaired) electrons. The molecule has 0 aromatic heterocycles. The maximum absolute atomic E-state index is 10.9. The summed E-state index contributed by atoms with van der Waals surface area (Å²) in [5.74, 6) is -0.944. The lowest BCUT2D eigenvalue weighted by Gasteiger charge is -1.88. The van der Waals surface area contributed by atoms with Crippen molar-refractivity contribution in [1.29, 1.82) is 0 Å². The molecule has 1 N–H and O–H groups in total. The molecule has 5 heteroatoms. The Morgan fingerprint density at radius 1 is 1.71 bits per heavy atom. The van der Waals surface area contributed by atoms with Crippen molar-refractivity contribution in [2.75, 3.05) is 5.75 Å². The van der Waals surface area contributed by atoms with Gasteiger partial charge in [0.15, 0.2) is 11.1 Å². The average Bonchev–Trinajstić information content (AvgIpc) is 1.27. The van der Waals surface area contributed by atoms with Crippen LogP contribution < -0.4 is 0 Å². The Bertz CT molecular complexity index is 74.1. The van der Waals surface area contributed by atoms with Gasteiger partial charge < -0.3 is 4.55 Å². The third-order valence-electron chi connectivity index (χ3n) is 0.269. The minimum Gasteiger partial charge on any atom is -0.306 e. The number of hydrogen-bond donors (Lipinski definition) is 1. The van der Waals surface area contributed by atoms with Crippen LogP contribution in [0.15, 0.2) is 0 Å². The first-order valence-corrected chi connectivity index (χ1v) is 2.76. The molecule has 0 saturated heterocycles. The normalized spacial score (nSPS) is 14.9. The predicted molar refractivity (Wildman–Crippen MR) is 21.6 cm³/mol. The highest BCUT2D eigenvalue weighted by molar-refractivity contribution is 7.79. The molecule has 2 nitrogen and oxygen atoms in total. The smallest absolute Gasteiger partial charge is 0.252 e. The van der Waals surface area contributed by atoms with E-state index in [0.717, 1.165) is 0 Å². The first-order chi connectivity index (χ1) is 3.13. The maximum Gasteiger partial charge on any atom is 0.252 e. The Kier molecular flexibility index (Phi) is 3.02. The second kappa shape index (κ2) is 3.04. The Morgan fingerprint density at radius 2 is 2.14 bits per heavy atom. The molecular weight excluding hydrogens is 126 g/mol. The number of halogens is 2. The van der Waals surface area contributed by atoms with Crippen LogP contribution in [0.2, 0.25) is 0 Å². The molecule has 0 aromatic carbocycles. The fourth-order valence-electron chi connectivity index (χ4n) is 0.108. The van der Waals surface area contributed by atoms with Crippen LogP contribution in [0.3, 0.4) is 0 Å². The molecule has 7 heavy (non-hydrogen) atoms. The minimum absolute atomic E-state index is 0.944. The van der Waals surface area contributed by atoms with E-state index in [1.54, 1.807) is 0 Å². The van der Waals surface area contributed by atoms with Gasteiger partial charge in [-0.1, -0.05) is 0 Å². The van der Waals surface area contributed by atoms with Gasteiger partial charge in [-0.3, -0.25) is 0 Å². The molecule has 1 atom stereocenters. The Labute approximate surface area is 41.8 Å². The molecule has 0 aliphatic rings. The van der Waals surface area contributed by atoms with Crippen molar-refractivity contribution in [3.63, 3.8) is 0 Å². The summed E-state index contributed by atoms with van der Waals surface area (Å²) in [6.45, 7) is 0. The van der Waals surface area contributed by atoms with Gasteiger partial charge >= 0.3 is 0 Å². The summed E-state index contributed by atoms with van der Waals surface area (Å²) < 4.78 is 39.0. The lowest BCUT2D eigenvalue weighted by atomic mass is 10.9. The van der Waals surface area contributed by atoms with Gasteiger partial charge in [0.1, 0.15) is 5.75 Å². The van der Waals surface area contributed by atoms with Gasteiger partial charge in [0.2, 0.25) is 0 Å². The zero-order chi connectivity index (χ0) is 5.86. The molecule has 0 bridgehead atoms. The Hall–Kier alpha value is -0.0300. The van der Waals surface area contributed by atoms with E-state index in [2.05, 4.69) is 0 Å². The SMILES string of the molecule is O=S(O)CC(F)F. The first-order valence-electron chi connectivity index (χ1n) is 1.48. The summed E-state index contributed by atoms with van der Waals surface area (Å²) in [6, 6.07) is 0. The van der Waals surface area contributed by atoms with Gasteiger partial charge in [-0.15, -0.1) is 0 Å². The second-order valence-corrected chi connectivity index (χ2v) is 1.86. The summed E-state index contributed by atoms with van der Waals surface area (Å²) >= 11 is -2.35. The van der Waals surface area contributed by atoms with Crippen LogP contribution >= 0.6 is 0 Å². The largest absolute Gasteiger partial charge is 0.306 e. The highest BCUT2D eigenvalue weighted by Gasteiger charge is 2.04. The summed E-state index contributed by atoms with van der Waals surface area (Å²) in [7, 11) is 0. The topological polar surface area (TPSA) is 37.3 Å². The molecule has 0 saturated carbocycles. The van der Waals surface area contributed by atoms with Gasteiger partial charge in [0.25, 0.3) is 6.43 Å². The van der Waals surface area contributed by atoms with E-state index in [9.17, 15) is 13.0 Å². The van der Waals surface area contributed by atoms with Gasteiger partial charge in [-0.05, 0) is 0 Å². The lowest BCUT2D eigenvalue weighted by Crippen LogP contribution is -2.04. The third kappa shape index (κ3) is 5.97. The van der Waals surface area contributed by atoms with Crippen LogP contribution in [0.4, 0.5) is 8.78 Å². The van der Waals surface area contributed by atoms with E-state index >= 15 is 0 Å². The molecule has 1 unspecified atom stereocenters. The Balaban J connectivity index is 3.13. The van der Waals surface area contributed by atoms with Crippen LogP contribution in [0.25, 0.3) is 0 Å². The summed E-state index contributed by atoms with van der Waals surface area (Å²) in [5.41, 5.74) is 0. The van der Waals surface area contributed by atoms with Crippen LogP contribution in [0.5, 0.6) is 0 Å². The van der Waals surface area contributed by atoms with Crippen LogP contribution in [0.1, 0.15) is 0 Å². The van der Waals surface area contributed by atoms with Gasteiger partial charge in [-0.2, -0.15) is 0 Å². The number of hydrogen-bond acceptors (Lipinski definition) is 1. The lowest BCUT2D eigenvalue weighted by molar-refractivity contribution is 0.174. The number of rotatable bonds is 2. The highest BCUT2D eigenvalue weighted by Crippen LogP contribution is 1.91. The van der Waals surface area contributed by atoms with Crippen LogP contribution in [-0.4, -0.2) is 20.9 Å². The molecule has 0 rings (SSSR count). The van der Waals surface area contributed by atoms with Crippen molar-refractivity contribution in [2.24, 2.45) is 0 Å².